The summed E-state index contributed by atoms with van der Waals surface area (Å²) in [7, 11) is -4.60. The first-order chi connectivity index (χ1) is 12.0. The number of hydrogen-bond acceptors (Lipinski definition) is 6. The van der Waals surface area contributed by atoms with E-state index in [2.05, 4.69) is 0 Å². The van der Waals surface area contributed by atoms with Crippen molar-refractivity contribution < 1.29 is 34.9 Å². The molecule has 0 aliphatic carbocycles. The minimum Gasteiger partial charge on any atom is -1.00 e. The van der Waals surface area contributed by atoms with E-state index in [0.29, 0.717) is 24.7 Å². The summed E-state index contributed by atoms with van der Waals surface area (Å²) in [5.74, 6) is -0.878. The van der Waals surface area contributed by atoms with Crippen molar-refractivity contribution in [2.24, 2.45) is 11.8 Å². The molecule has 9 heteroatoms. The Morgan fingerprint density at radius 3 is 1.59 bits per heavy atom. The summed E-state index contributed by atoms with van der Waals surface area (Å²) < 4.78 is 42.3. The van der Waals surface area contributed by atoms with Crippen molar-refractivity contribution in [2.45, 2.75) is 45.4 Å². The van der Waals surface area contributed by atoms with Crippen LogP contribution >= 0.6 is 0 Å². The third kappa shape index (κ3) is 10.1. The minimum absolute atomic E-state index is 0. The van der Waals surface area contributed by atoms with Crippen LogP contribution in [0.1, 0.15) is 64.1 Å². The molecule has 1 N–H and O–H groups in total. The largest absolute Gasteiger partial charge is 2.00 e. The molecule has 0 aliphatic rings. The summed E-state index contributed by atoms with van der Waals surface area (Å²) in [5, 5.41) is 0. The zero-order chi connectivity index (χ0) is 19.9. The monoisotopic (exact) mass is 526 g/mol. The fourth-order valence-electron chi connectivity index (χ4n) is 1.93. The summed E-state index contributed by atoms with van der Waals surface area (Å²) in [4.78, 5) is 23.7. The Bertz CT molecular complexity index is 708. The van der Waals surface area contributed by atoms with Crippen LogP contribution in [0.25, 0.3) is 0 Å². The van der Waals surface area contributed by atoms with Gasteiger partial charge in [0.25, 0.3) is 10.1 Å². The van der Waals surface area contributed by atoms with Crippen molar-refractivity contribution in [1.82, 2.24) is 0 Å². The zero-order valence-electron chi connectivity index (χ0n) is 18.2. The van der Waals surface area contributed by atoms with E-state index in [9.17, 15) is 22.6 Å². The molecular formula is C18H28BaO7S. The van der Waals surface area contributed by atoms with Crippen LogP contribution in [-0.4, -0.2) is 87.0 Å². The van der Waals surface area contributed by atoms with Gasteiger partial charge in [-0.3, -0.25) is 4.55 Å². The molecule has 0 saturated carbocycles. The molecule has 1 aromatic rings. The Hall–Kier alpha value is -0.359. The number of ether oxygens (including phenoxy) is 2. The third-order valence-electron chi connectivity index (χ3n) is 3.53. The molecule has 150 valence electrons. The maximum atomic E-state index is 12.1. The second kappa shape index (κ2) is 12.3. The zero-order valence-corrected chi connectivity index (χ0v) is 21.5. The van der Waals surface area contributed by atoms with Gasteiger partial charge in [0, 0.05) is 0 Å². The average molecular weight is 526 g/mol. The van der Waals surface area contributed by atoms with Gasteiger partial charge in [-0.25, -0.2) is 9.59 Å². The third-order valence-corrected chi connectivity index (χ3v) is 4.36. The Morgan fingerprint density at radius 1 is 0.926 bits per heavy atom. The van der Waals surface area contributed by atoms with Crippen molar-refractivity contribution in [1.29, 1.82) is 0 Å². The Labute approximate surface area is 204 Å². The van der Waals surface area contributed by atoms with Crippen LogP contribution in [0.2, 0.25) is 0 Å². The van der Waals surface area contributed by atoms with E-state index in [1.807, 2.05) is 27.7 Å². The van der Waals surface area contributed by atoms with Gasteiger partial charge in [0.1, 0.15) is 0 Å². The molecule has 1 rings (SSSR count). The first-order valence-electron chi connectivity index (χ1n) is 8.47. The van der Waals surface area contributed by atoms with Crippen molar-refractivity contribution in [3.8, 4) is 0 Å². The molecule has 0 saturated heterocycles. The standard InChI is InChI=1S/C18H26O7S.Ba.2H/c1-12(2)5-7-24-17(19)14-9-15(11-16(10-14)26(21,22)23)18(20)25-8-6-13(3)4;;;/h9-13H,5-8H2,1-4H3,(H,21,22,23);;;/q;+2;2*-1. The van der Waals surface area contributed by atoms with Gasteiger partial charge >= 0.3 is 60.8 Å². The molecule has 0 amide bonds. The SMILES string of the molecule is CC(C)CCOC(=O)c1cc(C(=O)OCCC(C)C)cc(S(=O)(=O)O)c1.[Ba+2].[H-].[H-]. The van der Waals surface area contributed by atoms with Gasteiger partial charge < -0.3 is 12.3 Å². The molecule has 0 unspecified atom stereocenters. The Kier molecular flexibility index (Phi) is 12.1. The smallest absolute Gasteiger partial charge is 1.00 e. The molecule has 0 heterocycles. The van der Waals surface area contributed by atoms with Crippen molar-refractivity contribution in [2.75, 3.05) is 13.2 Å². The first kappa shape index (κ1) is 26.6. The van der Waals surface area contributed by atoms with Gasteiger partial charge in [-0.05, 0) is 42.9 Å². The van der Waals surface area contributed by atoms with Crippen LogP contribution in [-0.2, 0) is 19.6 Å². The molecule has 0 atom stereocenters. The van der Waals surface area contributed by atoms with Crippen LogP contribution in [0.3, 0.4) is 0 Å². The number of carbonyl (C=O) groups is 2. The van der Waals surface area contributed by atoms with Gasteiger partial charge in [0.2, 0.25) is 0 Å². The van der Waals surface area contributed by atoms with E-state index in [-0.39, 0.29) is 76.1 Å². The second-order valence-electron chi connectivity index (χ2n) is 6.86. The molecule has 1 aromatic carbocycles. The number of esters is 2. The normalized spacial score (nSPS) is 11.2. The second-order valence-corrected chi connectivity index (χ2v) is 8.28. The van der Waals surface area contributed by atoms with E-state index in [0.717, 1.165) is 12.1 Å². The van der Waals surface area contributed by atoms with Crippen LogP contribution < -0.4 is 0 Å². The fraction of sp³-hybridized carbons (Fsp3) is 0.556. The van der Waals surface area contributed by atoms with E-state index < -0.39 is 27.0 Å². The average Bonchev–Trinajstić information content (AvgIpc) is 2.52. The maximum absolute atomic E-state index is 12.1. The molecule has 0 aromatic heterocycles. The summed E-state index contributed by atoms with van der Waals surface area (Å²) in [6.45, 7) is 8.22. The maximum Gasteiger partial charge on any atom is 2.00 e. The van der Waals surface area contributed by atoms with Crippen molar-refractivity contribution >= 4 is 70.9 Å². The topological polar surface area (TPSA) is 107 Å². The molecular weight excluding hydrogens is 498 g/mol. The van der Waals surface area contributed by atoms with Crippen LogP contribution in [0.15, 0.2) is 23.1 Å². The molecule has 0 fully saturated rings. The van der Waals surface area contributed by atoms with Crippen molar-refractivity contribution in [3.05, 3.63) is 29.3 Å². The molecule has 0 radical (unpaired) electrons. The number of rotatable bonds is 9. The molecule has 27 heavy (non-hydrogen) atoms. The minimum atomic E-state index is -4.60. The molecule has 0 aliphatic heterocycles. The van der Waals surface area contributed by atoms with E-state index in [1.165, 1.54) is 6.07 Å². The quantitative estimate of drug-likeness (QED) is 0.300. The number of hydrogen-bond donors (Lipinski definition) is 1. The summed E-state index contributed by atoms with van der Waals surface area (Å²) in [5.41, 5.74) is -0.278. The van der Waals surface area contributed by atoms with E-state index >= 15 is 0 Å². The Morgan fingerprint density at radius 2 is 1.30 bits per heavy atom. The van der Waals surface area contributed by atoms with Gasteiger partial charge in [-0.1, -0.05) is 27.7 Å². The predicted octanol–water partition coefficient (Wildman–Crippen LogP) is 3.18. The summed E-state index contributed by atoms with van der Waals surface area (Å²) in [6.07, 6.45) is 1.29. The predicted molar refractivity (Wildman–Crippen MR) is 104 cm³/mol. The van der Waals surface area contributed by atoms with Crippen molar-refractivity contribution in [3.63, 3.8) is 0 Å². The van der Waals surface area contributed by atoms with Crippen LogP contribution in [0.4, 0.5) is 0 Å². The van der Waals surface area contributed by atoms with Gasteiger partial charge in [0.05, 0.1) is 29.2 Å². The fourth-order valence-corrected chi connectivity index (χ4v) is 2.48. The molecule has 0 bridgehead atoms. The van der Waals surface area contributed by atoms with Crippen LogP contribution in [0.5, 0.6) is 0 Å². The van der Waals surface area contributed by atoms with Gasteiger partial charge in [-0.2, -0.15) is 8.42 Å². The van der Waals surface area contributed by atoms with Gasteiger partial charge in [0.15, 0.2) is 0 Å². The van der Waals surface area contributed by atoms with Crippen LogP contribution in [0, 0.1) is 11.8 Å². The van der Waals surface area contributed by atoms with E-state index in [1.54, 1.807) is 0 Å². The molecule has 0 spiro atoms. The Balaban J connectivity index is -0.00000225. The van der Waals surface area contributed by atoms with Gasteiger partial charge in [-0.15, -0.1) is 0 Å². The molecule has 7 nitrogen and oxygen atoms in total. The summed E-state index contributed by atoms with van der Waals surface area (Å²) >= 11 is 0. The van der Waals surface area contributed by atoms with E-state index in [4.69, 9.17) is 9.47 Å². The number of benzene rings is 1. The summed E-state index contributed by atoms with van der Waals surface area (Å²) in [6, 6.07) is 3.14. The first-order valence-corrected chi connectivity index (χ1v) is 9.91. The number of carbonyl (C=O) groups excluding carboxylic acids is 2.